The number of ether oxygens (including phenoxy) is 3. The van der Waals surface area contributed by atoms with E-state index in [0.29, 0.717) is 52.9 Å². The monoisotopic (exact) mass is 981 g/mol. The lowest BCUT2D eigenvalue weighted by Crippen LogP contribution is -2.49. The molecule has 52 heavy (non-hydrogen) atoms. The van der Waals surface area contributed by atoms with Crippen molar-refractivity contribution in [2.75, 3.05) is 26.8 Å². The number of carbonyl (C=O) groups is 2. The Labute approximate surface area is 343 Å². The first-order valence-electron chi connectivity index (χ1n) is 18.6. The number of halogens is 4. The molecule has 2 aliphatic rings. The Hall–Kier alpha value is -1.61. The second-order valence-electron chi connectivity index (χ2n) is 13.5. The van der Waals surface area contributed by atoms with Crippen LogP contribution in [0.15, 0.2) is 47.2 Å². The number of nitrogens with zero attached hydrogens (tertiary/aromatic N) is 1. The SMILES string of the molecule is CCC(C)CCCCCCCCCCCCC(=O)NCCc1cc(Br)c(OCCCNC(=O)C2=NOC3(CC(Br)=C(OC)C(Br)=CO3)C2O)c(Br)c1. The van der Waals surface area contributed by atoms with Gasteiger partial charge in [-0.2, -0.15) is 0 Å². The van der Waals surface area contributed by atoms with Crippen LogP contribution in [0, 0.1) is 5.92 Å². The summed E-state index contributed by atoms with van der Waals surface area (Å²) in [6, 6.07) is 3.98. The number of amides is 2. The van der Waals surface area contributed by atoms with Gasteiger partial charge in [-0.05, 0) is 90.7 Å². The lowest BCUT2D eigenvalue weighted by atomic mass is 9.99. The standard InChI is InChI=1S/C38H55Br4N3O7/c1-4-26(2)16-13-11-9-7-5-6-8-10-12-14-17-32(46)43-20-18-27-22-28(39)35(29(40)23-27)50-21-15-19-44-37(48)33-36(47)38(52-45-33)24-30(41)34(49-3)31(42)25-51-38/h22-23,25-26,36,47H,4-21,24H2,1-3H3,(H,43,46)(H,44,48). The summed E-state index contributed by atoms with van der Waals surface area (Å²) in [6.45, 7) is 5.83. The molecule has 0 saturated carbocycles. The molecular weight excluding hydrogens is 930 g/mol. The summed E-state index contributed by atoms with van der Waals surface area (Å²) in [5, 5.41) is 20.6. The zero-order valence-electron chi connectivity index (χ0n) is 30.7. The number of rotatable bonds is 24. The molecule has 2 aliphatic heterocycles. The van der Waals surface area contributed by atoms with Crippen LogP contribution in [0.25, 0.3) is 0 Å². The molecule has 3 unspecified atom stereocenters. The van der Waals surface area contributed by atoms with Gasteiger partial charge < -0.3 is 34.8 Å². The summed E-state index contributed by atoms with van der Waals surface area (Å²) >= 11 is 14.0. The number of oxime groups is 1. The van der Waals surface area contributed by atoms with Crippen molar-refractivity contribution in [2.45, 2.75) is 128 Å². The van der Waals surface area contributed by atoms with Gasteiger partial charge in [0, 0.05) is 24.0 Å². The Balaban J connectivity index is 1.25. The summed E-state index contributed by atoms with van der Waals surface area (Å²) in [5.74, 6) is -0.0490. The maximum Gasteiger partial charge on any atom is 0.311 e. The second kappa shape index (κ2) is 24.0. The third kappa shape index (κ3) is 14.6. The van der Waals surface area contributed by atoms with Crippen LogP contribution in [0.2, 0.25) is 0 Å². The first-order valence-corrected chi connectivity index (χ1v) is 21.7. The molecule has 2 heterocycles. The predicted octanol–water partition coefficient (Wildman–Crippen LogP) is 9.84. The second-order valence-corrected chi connectivity index (χ2v) is 17.0. The molecule has 3 rings (SSSR count). The van der Waals surface area contributed by atoms with Gasteiger partial charge in [0.2, 0.25) is 5.91 Å². The van der Waals surface area contributed by atoms with Crippen molar-refractivity contribution >= 4 is 81.2 Å². The van der Waals surface area contributed by atoms with Crippen molar-refractivity contribution < 1.29 is 33.7 Å². The van der Waals surface area contributed by atoms with E-state index in [1.165, 1.54) is 77.6 Å². The van der Waals surface area contributed by atoms with Crippen molar-refractivity contribution in [3.05, 3.63) is 47.6 Å². The van der Waals surface area contributed by atoms with Crippen LogP contribution in [-0.2, 0) is 30.3 Å². The molecule has 0 fully saturated rings. The van der Waals surface area contributed by atoms with Gasteiger partial charge in [0.05, 0.1) is 33.6 Å². The van der Waals surface area contributed by atoms with Crippen molar-refractivity contribution in [1.82, 2.24) is 10.6 Å². The summed E-state index contributed by atoms with van der Waals surface area (Å²) in [5.41, 5.74) is 0.879. The molecule has 3 atom stereocenters. The highest BCUT2D eigenvalue weighted by Gasteiger charge is 2.54. The molecule has 1 aromatic rings. The number of nitrogens with one attached hydrogen (secondary N) is 2. The number of methoxy groups -OCH3 is 1. The fourth-order valence-corrected chi connectivity index (χ4v) is 9.00. The Kier molecular flexibility index (Phi) is 20.7. The van der Waals surface area contributed by atoms with Crippen LogP contribution >= 0.6 is 63.7 Å². The van der Waals surface area contributed by atoms with Crippen LogP contribution in [-0.4, -0.2) is 61.3 Å². The van der Waals surface area contributed by atoms with E-state index in [2.05, 4.69) is 93.4 Å². The molecule has 2 amide bonds. The van der Waals surface area contributed by atoms with Crippen LogP contribution in [0.5, 0.6) is 5.75 Å². The van der Waals surface area contributed by atoms with E-state index in [1.807, 2.05) is 12.1 Å². The molecule has 3 N–H and O–H groups in total. The summed E-state index contributed by atoms with van der Waals surface area (Å²) in [7, 11) is 1.51. The van der Waals surface area contributed by atoms with E-state index in [-0.39, 0.29) is 24.6 Å². The lowest BCUT2D eigenvalue weighted by molar-refractivity contribution is -0.225. The van der Waals surface area contributed by atoms with Gasteiger partial charge in [0.1, 0.15) is 17.8 Å². The predicted molar refractivity (Wildman–Crippen MR) is 219 cm³/mol. The van der Waals surface area contributed by atoms with E-state index < -0.39 is 17.8 Å². The minimum atomic E-state index is -1.60. The maximum absolute atomic E-state index is 12.8. The number of aliphatic hydroxyl groups is 1. The number of aliphatic hydroxyl groups excluding tert-OH is 1. The van der Waals surface area contributed by atoms with E-state index in [4.69, 9.17) is 19.0 Å². The van der Waals surface area contributed by atoms with Gasteiger partial charge in [-0.3, -0.25) is 9.59 Å². The first-order chi connectivity index (χ1) is 25.0. The van der Waals surface area contributed by atoms with Crippen LogP contribution in [0.3, 0.4) is 0 Å². The lowest BCUT2D eigenvalue weighted by Gasteiger charge is -2.27. The van der Waals surface area contributed by atoms with E-state index >= 15 is 0 Å². The molecule has 292 valence electrons. The largest absolute Gasteiger partial charge is 0.495 e. The van der Waals surface area contributed by atoms with Gasteiger partial charge in [0.15, 0.2) is 11.8 Å². The average molecular weight is 985 g/mol. The highest BCUT2D eigenvalue weighted by molar-refractivity contribution is 9.12. The topological polar surface area (TPSA) is 128 Å². The fourth-order valence-electron chi connectivity index (χ4n) is 5.96. The summed E-state index contributed by atoms with van der Waals surface area (Å²) in [4.78, 5) is 30.6. The van der Waals surface area contributed by atoms with Gasteiger partial charge in [-0.25, -0.2) is 0 Å². The van der Waals surface area contributed by atoms with Crippen LogP contribution in [0.1, 0.15) is 116 Å². The molecule has 0 radical (unpaired) electrons. The third-order valence-corrected chi connectivity index (χ3v) is 11.7. The maximum atomic E-state index is 12.8. The number of hydrogen-bond acceptors (Lipinski definition) is 8. The quantitative estimate of drug-likeness (QED) is 0.0881. The molecule has 10 nitrogen and oxygen atoms in total. The Morgan fingerprint density at radius 2 is 1.60 bits per heavy atom. The molecule has 0 aliphatic carbocycles. The fraction of sp³-hybridized carbons (Fsp3) is 0.658. The Bertz CT molecular complexity index is 1380. The number of carbonyl (C=O) groups excluding carboxylic acids is 2. The smallest absolute Gasteiger partial charge is 0.311 e. The van der Waals surface area contributed by atoms with E-state index in [1.54, 1.807) is 0 Å². The van der Waals surface area contributed by atoms with Gasteiger partial charge in [-0.15, -0.1) is 0 Å². The first kappa shape index (κ1) is 44.8. The van der Waals surface area contributed by atoms with Crippen molar-refractivity contribution in [3.63, 3.8) is 0 Å². The van der Waals surface area contributed by atoms with Crippen molar-refractivity contribution in [3.8, 4) is 5.75 Å². The Morgan fingerprint density at radius 1 is 0.962 bits per heavy atom. The highest BCUT2D eigenvalue weighted by Crippen LogP contribution is 2.41. The zero-order chi connectivity index (χ0) is 37.9. The minimum Gasteiger partial charge on any atom is -0.495 e. The van der Waals surface area contributed by atoms with Gasteiger partial charge in [-0.1, -0.05) is 106 Å². The zero-order valence-corrected chi connectivity index (χ0v) is 37.0. The Morgan fingerprint density at radius 3 is 2.23 bits per heavy atom. The van der Waals surface area contributed by atoms with Crippen LogP contribution < -0.4 is 15.4 Å². The number of benzene rings is 1. The molecule has 1 spiro atoms. The molecule has 0 aromatic heterocycles. The summed E-state index contributed by atoms with van der Waals surface area (Å²) < 4.78 is 19.7. The molecule has 14 heteroatoms. The average Bonchev–Trinajstić information content (AvgIpc) is 3.36. The van der Waals surface area contributed by atoms with Crippen molar-refractivity contribution in [2.24, 2.45) is 11.1 Å². The van der Waals surface area contributed by atoms with Crippen LogP contribution in [0.4, 0.5) is 0 Å². The third-order valence-electron chi connectivity index (χ3n) is 9.33. The highest BCUT2D eigenvalue weighted by atomic mass is 79.9. The molecular formula is C38H55Br4N3O7. The van der Waals surface area contributed by atoms with E-state index in [9.17, 15) is 14.7 Å². The van der Waals surface area contributed by atoms with Gasteiger partial charge in [0.25, 0.3) is 5.91 Å². The molecule has 0 bridgehead atoms. The number of allylic oxidation sites excluding steroid dienone is 1. The molecule has 0 saturated heterocycles. The van der Waals surface area contributed by atoms with E-state index in [0.717, 1.165) is 33.3 Å². The number of unbranched alkanes of at least 4 members (excludes halogenated alkanes) is 9. The normalized spacial score (nSPS) is 19.0. The van der Waals surface area contributed by atoms with Crippen molar-refractivity contribution in [1.29, 1.82) is 0 Å². The van der Waals surface area contributed by atoms with Gasteiger partial charge >= 0.3 is 5.79 Å². The summed E-state index contributed by atoms with van der Waals surface area (Å²) in [6.07, 6.45) is 17.1. The molecule has 1 aromatic carbocycles. The number of hydrogen-bond donors (Lipinski definition) is 3. The minimum absolute atomic E-state index is 0.0630.